The molecule has 0 bridgehead atoms. The van der Waals surface area contributed by atoms with Crippen LogP contribution in [0.3, 0.4) is 0 Å². The van der Waals surface area contributed by atoms with E-state index in [1.54, 1.807) is 0 Å². The van der Waals surface area contributed by atoms with Gasteiger partial charge < -0.3 is 15.5 Å². The molecule has 2 heterocycles. The molecule has 0 unspecified atom stereocenters. The third-order valence-corrected chi connectivity index (χ3v) is 4.42. The van der Waals surface area contributed by atoms with E-state index in [-0.39, 0.29) is 24.8 Å². The molecule has 5 nitrogen and oxygen atoms in total. The Bertz CT molecular complexity index is 295. The molecule has 2 fully saturated rings. The molecule has 2 aliphatic heterocycles. The fourth-order valence-electron chi connectivity index (χ4n) is 3.25. The van der Waals surface area contributed by atoms with Gasteiger partial charge >= 0.3 is 0 Å². The number of piperidine rings is 1. The quantitative estimate of drug-likeness (QED) is 0.750. The number of nitrogens with one attached hydrogen (secondary N) is 2. The Morgan fingerprint density at radius 3 is 2.23 bits per heavy atom. The summed E-state index contributed by atoms with van der Waals surface area (Å²) in [6, 6.07) is 0.673. The lowest BCUT2D eigenvalue weighted by Gasteiger charge is -2.35. The van der Waals surface area contributed by atoms with E-state index in [4.69, 9.17) is 0 Å². The van der Waals surface area contributed by atoms with Crippen molar-refractivity contribution in [2.45, 2.75) is 38.6 Å². The molecule has 0 spiro atoms. The maximum atomic E-state index is 12.2. The van der Waals surface area contributed by atoms with E-state index in [2.05, 4.69) is 22.5 Å². The van der Waals surface area contributed by atoms with Crippen LogP contribution in [0.2, 0.25) is 0 Å². The van der Waals surface area contributed by atoms with Gasteiger partial charge in [-0.3, -0.25) is 9.69 Å². The number of nitrogens with zero attached hydrogens (tertiary/aromatic N) is 2. The Hall–Kier alpha value is -0.0700. The fraction of sp³-hybridized carbons (Fsp3) is 0.933. The van der Waals surface area contributed by atoms with Gasteiger partial charge in [-0.15, -0.1) is 24.8 Å². The molecule has 0 radical (unpaired) electrons. The van der Waals surface area contributed by atoms with Crippen LogP contribution < -0.4 is 10.6 Å². The maximum absolute atomic E-state index is 12.2. The second-order valence-corrected chi connectivity index (χ2v) is 5.90. The molecule has 0 aromatic heterocycles. The van der Waals surface area contributed by atoms with Gasteiger partial charge in [0.2, 0.25) is 5.91 Å². The van der Waals surface area contributed by atoms with Crippen molar-refractivity contribution in [1.82, 2.24) is 20.4 Å². The summed E-state index contributed by atoms with van der Waals surface area (Å²) in [6.07, 6.45) is 4.30. The van der Waals surface area contributed by atoms with Crippen LogP contribution in [0.4, 0.5) is 0 Å². The molecule has 2 rings (SSSR count). The van der Waals surface area contributed by atoms with Crippen LogP contribution in [0.1, 0.15) is 32.6 Å². The van der Waals surface area contributed by atoms with Crippen molar-refractivity contribution in [3.8, 4) is 0 Å². The summed E-state index contributed by atoms with van der Waals surface area (Å²) in [6.45, 7) is 10.2. The zero-order valence-corrected chi connectivity index (χ0v) is 15.3. The van der Waals surface area contributed by atoms with E-state index < -0.39 is 0 Å². The highest BCUT2D eigenvalue weighted by atomic mass is 35.5. The summed E-state index contributed by atoms with van der Waals surface area (Å²) < 4.78 is 0. The number of halogens is 2. The van der Waals surface area contributed by atoms with Gasteiger partial charge in [-0.05, 0) is 38.9 Å². The van der Waals surface area contributed by atoms with E-state index >= 15 is 0 Å². The van der Waals surface area contributed by atoms with Crippen LogP contribution in [-0.2, 0) is 4.79 Å². The number of hydrogen-bond acceptors (Lipinski definition) is 4. The highest BCUT2D eigenvalue weighted by Crippen LogP contribution is 2.13. The maximum Gasteiger partial charge on any atom is 0.223 e. The van der Waals surface area contributed by atoms with Crippen LogP contribution in [-0.4, -0.2) is 74.1 Å². The molecule has 1 amide bonds. The summed E-state index contributed by atoms with van der Waals surface area (Å²) in [5.41, 5.74) is 0. The highest BCUT2D eigenvalue weighted by molar-refractivity contribution is 5.85. The number of piperazine rings is 1. The second-order valence-electron chi connectivity index (χ2n) is 5.90. The molecule has 132 valence electrons. The predicted octanol–water partition coefficient (Wildman–Crippen LogP) is 1.12. The molecule has 0 saturated carbocycles. The number of carbonyl (C=O) groups excluding carboxylic acids is 1. The van der Waals surface area contributed by atoms with Crippen molar-refractivity contribution in [3.05, 3.63) is 0 Å². The summed E-state index contributed by atoms with van der Waals surface area (Å²) in [5.74, 6) is 0.335. The summed E-state index contributed by atoms with van der Waals surface area (Å²) in [5, 5.41) is 6.71. The number of hydrogen-bond donors (Lipinski definition) is 2. The van der Waals surface area contributed by atoms with Crippen molar-refractivity contribution in [3.63, 3.8) is 0 Å². The Balaban J connectivity index is 0.00000220. The van der Waals surface area contributed by atoms with Crippen molar-refractivity contribution in [1.29, 1.82) is 0 Å². The van der Waals surface area contributed by atoms with Gasteiger partial charge in [0.25, 0.3) is 0 Å². The van der Waals surface area contributed by atoms with E-state index in [9.17, 15) is 4.79 Å². The first-order valence-electron chi connectivity index (χ1n) is 8.24. The van der Waals surface area contributed by atoms with Crippen LogP contribution in [0.5, 0.6) is 0 Å². The molecule has 2 N–H and O–H groups in total. The molecule has 22 heavy (non-hydrogen) atoms. The van der Waals surface area contributed by atoms with Gasteiger partial charge in [-0.2, -0.15) is 0 Å². The van der Waals surface area contributed by atoms with Gasteiger partial charge in [0, 0.05) is 45.2 Å². The van der Waals surface area contributed by atoms with Crippen LogP contribution in [0, 0.1) is 0 Å². The van der Waals surface area contributed by atoms with Crippen molar-refractivity contribution in [2.24, 2.45) is 0 Å². The molecule has 0 aromatic carbocycles. The summed E-state index contributed by atoms with van der Waals surface area (Å²) in [7, 11) is 0. The van der Waals surface area contributed by atoms with Crippen molar-refractivity contribution >= 4 is 30.7 Å². The van der Waals surface area contributed by atoms with Gasteiger partial charge in [-0.25, -0.2) is 0 Å². The van der Waals surface area contributed by atoms with Crippen molar-refractivity contribution < 1.29 is 4.79 Å². The first-order chi connectivity index (χ1) is 9.81. The fourth-order valence-corrected chi connectivity index (χ4v) is 3.25. The molecular formula is C15H32Cl2N4O. The molecule has 2 saturated heterocycles. The number of rotatable bonds is 6. The highest BCUT2D eigenvalue weighted by Gasteiger charge is 2.22. The predicted molar refractivity (Wildman–Crippen MR) is 96.3 cm³/mol. The number of carbonyl (C=O) groups is 1. The third kappa shape index (κ3) is 7.01. The summed E-state index contributed by atoms with van der Waals surface area (Å²) >= 11 is 0. The zero-order chi connectivity index (χ0) is 14.2. The zero-order valence-electron chi connectivity index (χ0n) is 13.7. The molecule has 0 atom stereocenters. The average Bonchev–Trinajstić information content (AvgIpc) is 2.53. The Kier molecular flexibility index (Phi) is 12.3. The van der Waals surface area contributed by atoms with Crippen molar-refractivity contribution in [2.75, 3.05) is 52.4 Å². The third-order valence-electron chi connectivity index (χ3n) is 4.42. The second kappa shape index (κ2) is 12.4. The molecular weight excluding hydrogens is 323 g/mol. The van der Waals surface area contributed by atoms with E-state index in [1.807, 2.05) is 4.90 Å². The molecule has 0 aliphatic carbocycles. The molecule has 0 aromatic rings. The van der Waals surface area contributed by atoms with Gasteiger partial charge in [0.05, 0.1) is 0 Å². The Morgan fingerprint density at radius 1 is 1.05 bits per heavy atom. The Labute approximate surface area is 147 Å². The monoisotopic (exact) mass is 354 g/mol. The molecule has 7 heteroatoms. The summed E-state index contributed by atoms with van der Waals surface area (Å²) in [4.78, 5) is 16.8. The topological polar surface area (TPSA) is 47.6 Å². The van der Waals surface area contributed by atoms with Gasteiger partial charge in [0.15, 0.2) is 0 Å². The average molecular weight is 355 g/mol. The van der Waals surface area contributed by atoms with E-state index in [0.29, 0.717) is 18.4 Å². The SMILES string of the molecule is CCCN(CCC(=O)N1CCNCC1)C1CCNCC1.Cl.Cl. The lowest BCUT2D eigenvalue weighted by Crippen LogP contribution is -2.48. The van der Waals surface area contributed by atoms with Crippen LogP contribution >= 0.6 is 24.8 Å². The Morgan fingerprint density at radius 2 is 1.64 bits per heavy atom. The smallest absolute Gasteiger partial charge is 0.223 e. The van der Waals surface area contributed by atoms with Crippen LogP contribution in [0.15, 0.2) is 0 Å². The number of amides is 1. The van der Waals surface area contributed by atoms with Gasteiger partial charge in [0.1, 0.15) is 0 Å². The minimum Gasteiger partial charge on any atom is -0.340 e. The van der Waals surface area contributed by atoms with Gasteiger partial charge in [-0.1, -0.05) is 6.92 Å². The lowest BCUT2D eigenvalue weighted by molar-refractivity contribution is -0.132. The van der Waals surface area contributed by atoms with E-state index in [0.717, 1.165) is 52.4 Å². The minimum absolute atomic E-state index is 0. The van der Waals surface area contributed by atoms with Crippen LogP contribution in [0.25, 0.3) is 0 Å². The van der Waals surface area contributed by atoms with E-state index in [1.165, 1.54) is 19.3 Å². The first kappa shape index (κ1) is 21.9. The normalized spacial score (nSPS) is 19.5. The largest absolute Gasteiger partial charge is 0.340 e. The first-order valence-corrected chi connectivity index (χ1v) is 8.24. The lowest BCUT2D eigenvalue weighted by atomic mass is 10.0. The minimum atomic E-state index is 0. The molecule has 2 aliphatic rings. The standard InChI is InChI=1S/C15H30N4O.2ClH/c1-2-10-18(14-3-6-16-7-4-14)11-5-15(20)19-12-8-17-9-13-19;;/h14,16-17H,2-13H2,1H3;2*1H.